The summed E-state index contributed by atoms with van der Waals surface area (Å²) in [6, 6.07) is 18.5. The standard InChI is InChI=1S/C31H34N6O/c38-31(35-26-9-5-2-6-10-26)22-13-17-37(18-14-22)30-27-12-15-32-21-24(27)19-28(36-30)23-11-16-33-29(20-23)34-25-7-3-1-4-8-25/h2,5-6,9-12,15-16,19-22,25H,1,3-4,7-8,13-14,17-18H2,(H,33,34)(H,35,38). The molecule has 0 unspecified atom stereocenters. The largest absolute Gasteiger partial charge is 0.367 e. The van der Waals surface area contributed by atoms with Gasteiger partial charge in [0.25, 0.3) is 0 Å². The van der Waals surface area contributed by atoms with E-state index in [2.05, 4.69) is 37.6 Å². The van der Waals surface area contributed by atoms with Crippen LogP contribution in [0.25, 0.3) is 22.0 Å². The van der Waals surface area contributed by atoms with Crippen molar-refractivity contribution in [3.05, 3.63) is 73.2 Å². The number of nitrogens with one attached hydrogen (secondary N) is 2. The van der Waals surface area contributed by atoms with Crippen molar-refractivity contribution in [3.63, 3.8) is 0 Å². The molecule has 3 aromatic heterocycles. The van der Waals surface area contributed by atoms with E-state index in [1.165, 1.54) is 32.1 Å². The number of piperidine rings is 1. The molecule has 4 aromatic rings. The quantitative estimate of drug-likeness (QED) is 0.320. The minimum absolute atomic E-state index is 0.00353. The normalized spacial score (nSPS) is 16.9. The molecule has 1 amide bonds. The molecular formula is C31H34N6O. The Bertz CT molecular complexity index is 1390. The van der Waals surface area contributed by atoms with Gasteiger partial charge in [0.15, 0.2) is 0 Å². The molecule has 1 aromatic carbocycles. The minimum Gasteiger partial charge on any atom is -0.367 e. The molecule has 4 heterocycles. The van der Waals surface area contributed by atoms with Gasteiger partial charge in [-0.15, -0.1) is 0 Å². The molecule has 0 radical (unpaired) electrons. The molecule has 6 rings (SSSR count). The van der Waals surface area contributed by atoms with Crippen LogP contribution in [0, 0.1) is 5.92 Å². The van der Waals surface area contributed by atoms with E-state index in [-0.39, 0.29) is 11.8 Å². The van der Waals surface area contributed by atoms with Gasteiger partial charge < -0.3 is 15.5 Å². The van der Waals surface area contributed by atoms with E-state index in [0.717, 1.165) is 65.3 Å². The third kappa shape index (κ3) is 5.47. The number of carbonyl (C=O) groups is 1. The van der Waals surface area contributed by atoms with Crippen LogP contribution in [0.5, 0.6) is 0 Å². The highest BCUT2D eigenvalue weighted by atomic mass is 16.1. The van der Waals surface area contributed by atoms with Gasteiger partial charge >= 0.3 is 0 Å². The second kappa shape index (κ2) is 11.2. The first-order valence-electron chi connectivity index (χ1n) is 13.8. The number of anilines is 3. The van der Waals surface area contributed by atoms with Crippen molar-refractivity contribution in [1.82, 2.24) is 15.0 Å². The smallest absolute Gasteiger partial charge is 0.227 e. The number of nitrogens with zero attached hydrogens (tertiary/aromatic N) is 4. The van der Waals surface area contributed by atoms with E-state index < -0.39 is 0 Å². The monoisotopic (exact) mass is 506 g/mol. The van der Waals surface area contributed by atoms with Crippen LogP contribution in [0.3, 0.4) is 0 Å². The first-order chi connectivity index (χ1) is 18.7. The summed E-state index contributed by atoms with van der Waals surface area (Å²) in [5.74, 6) is 1.97. The number of fused-ring (bicyclic) bond motifs is 1. The van der Waals surface area contributed by atoms with E-state index in [0.29, 0.717) is 6.04 Å². The maximum absolute atomic E-state index is 12.9. The topological polar surface area (TPSA) is 83.0 Å². The number of amides is 1. The van der Waals surface area contributed by atoms with E-state index in [1.807, 2.05) is 61.1 Å². The summed E-state index contributed by atoms with van der Waals surface area (Å²) in [6.07, 6.45) is 13.5. The average Bonchev–Trinajstić information content (AvgIpc) is 2.98. The van der Waals surface area contributed by atoms with E-state index in [1.54, 1.807) is 0 Å². The Morgan fingerprint density at radius 1 is 0.895 bits per heavy atom. The molecule has 2 N–H and O–H groups in total. The Labute approximate surface area is 223 Å². The fourth-order valence-electron chi connectivity index (χ4n) is 5.71. The Morgan fingerprint density at radius 3 is 2.53 bits per heavy atom. The number of carbonyl (C=O) groups excluding carboxylic acids is 1. The summed E-state index contributed by atoms with van der Waals surface area (Å²) in [4.78, 5) is 29.3. The molecule has 1 saturated carbocycles. The third-order valence-corrected chi connectivity index (χ3v) is 7.83. The van der Waals surface area contributed by atoms with Gasteiger partial charge in [-0.1, -0.05) is 37.5 Å². The molecule has 38 heavy (non-hydrogen) atoms. The highest BCUT2D eigenvalue weighted by Crippen LogP contribution is 2.33. The van der Waals surface area contributed by atoms with Gasteiger partial charge in [-0.05, 0) is 62.1 Å². The molecular weight excluding hydrogens is 472 g/mol. The molecule has 1 aliphatic heterocycles. The molecule has 7 heteroatoms. The van der Waals surface area contributed by atoms with Crippen molar-refractivity contribution >= 4 is 34.0 Å². The van der Waals surface area contributed by atoms with Crippen LogP contribution in [0.15, 0.2) is 73.2 Å². The summed E-state index contributed by atoms with van der Waals surface area (Å²) >= 11 is 0. The number of aromatic nitrogens is 3. The third-order valence-electron chi connectivity index (χ3n) is 7.83. The van der Waals surface area contributed by atoms with Gasteiger partial charge in [0.1, 0.15) is 11.6 Å². The zero-order valence-corrected chi connectivity index (χ0v) is 21.6. The number of benzene rings is 1. The Kier molecular flexibility index (Phi) is 7.16. The summed E-state index contributed by atoms with van der Waals surface area (Å²) < 4.78 is 0. The lowest BCUT2D eigenvalue weighted by atomic mass is 9.95. The predicted octanol–water partition coefficient (Wildman–Crippen LogP) is 6.29. The first kappa shape index (κ1) is 24.3. The van der Waals surface area contributed by atoms with Crippen molar-refractivity contribution < 1.29 is 4.79 Å². The number of hydrogen-bond donors (Lipinski definition) is 2. The van der Waals surface area contributed by atoms with Crippen molar-refractivity contribution in [2.24, 2.45) is 5.92 Å². The Balaban J connectivity index is 1.22. The van der Waals surface area contributed by atoms with E-state index >= 15 is 0 Å². The van der Waals surface area contributed by atoms with Crippen LogP contribution in [-0.4, -0.2) is 40.0 Å². The van der Waals surface area contributed by atoms with Crippen molar-refractivity contribution in [2.75, 3.05) is 28.6 Å². The molecule has 194 valence electrons. The SMILES string of the molecule is O=C(Nc1ccccc1)C1CCN(c2nc(-c3ccnc(NC4CCCCC4)c3)cc3cnccc23)CC1. The molecule has 0 spiro atoms. The van der Waals surface area contributed by atoms with E-state index in [4.69, 9.17) is 4.98 Å². The predicted molar refractivity (Wildman–Crippen MR) is 153 cm³/mol. The molecule has 1 aliphatic carbocycles. The lowest BCUT2D eigenvalue weighted by molar-refractivity contribution is -0.120. The summed E-state index contributed by atoms with van der Waals surface area (Å²) in [7, 11) is 0. The number of para-hydroxylation sites is 1. The van der Waals surface area contributed by atoms with E-state index in [9.17, 15) is 4.79 Å². The molecule has 0 bridgehead atoms. The van der Waals surface area contributed by atoms with Gasteiger partial charge in [-0.2, -0.15) is 0 Å². The van der Waals surface area contributed by atoms with Gasteiger partial charge in [0.05, 0.1) is 5.69 Å². The van der Waals surface area contributed by atoms with Gasteiger partial charge in [-0.3, -0.25) is 9.78 Å². The molecule has 2 fully saturated rings. The van der Waals surface area contributed by atoms with Crippen LogP contribution < -0.4 is 15.5 Å². The average molecular weight is 507 g/mol. The molecule has 7 nitrogen and oxygen atoms in total. The van der Waals surface area contributed by atoms with Crippen LogP contribution in [0.4, 0.5) is 17.3 Å². The minimum atomic E-state index is -0.00353. The second-order valence-corrected chi connectivity index (χ2v) is 10.5. The summed E-state index contributed by atoms with van der Waals surface area (Å²) in [6.45, 7) is 1.57. The lowest BCUT2D eigenvalue weighted by Gasteiger charge is -2.33. The van der Waals surface area contributed by atoms with Crippen LogP contribution in [-0.2, 0) is 4.79 Å². The molecule has 2 aliphatic rings. The second-order valence-electron chi connectivity index (χ2n) is 10.5. The molecule has 1 saturated heterocycles. The van der Waals surface area contributed by atoms with Crippen molar-refractivity contribution in [2.45, 2.75) is 51.0 Å². The fraction of sp³-hybridized carbons (Fsp3) is 0.355. The number of hydrogen-bond acceptors (Lipinski definition) is 6. The Morgan fingerprint density at radius 2 is 1.71 bits per heavy atom. The zero-order valence-electron chi connectivity index (χ0n) is 21.6. The van der Waals surface area contributed by atoms with Crippen molar-refractivity contribution in [3.8, 4) is 11.3 Å². The van der Waals surface area contributed by atoms with Gasteiger partial charge in [0.2, 0.25) is 5.91 Å². The van der Waals surface area contributed by atoms with Crippen LogP contribution in [0.1, 0.15) is 44.9 Å². The van der Waals surface area contributed by atoms with Gasteiger partial charge in [-0.25, -0.2) is 9.97 Å². The maximum Gasteiger partial charge on any atom is 0.227 e. The van der Waals surface area contributed by atoms with Crippen molar-refractivity contribution in [1.29, 1.82) is 0 Å². The highest BCUT2D eigenvalue weighted by Gasteiger charge is 2.27. The number of rotatable bonds is 6. The summed E-state index contributed by atoms with van der Waals surface area (Å²) in [5, 5.41) is 8.86. The maximum atomic E-state index is 12.9. The molecule has 0 atom stereocenters. The lowest BCUT2D eigenvalue weighted by Crippen LogP contribution is -2.38. The highest BCUT2D eigenvalue weighted by molar-refractivity contribution is 5.95. The number of pyridine rings is 3. The van der Waals surface area contributed by atoms with Crippen LogP contribution >= 0.6 is 0 Å². The Hall–Kier alpha value is -4.00. The van der Waals surface area contributed by atoms with Gasteiger partial charge in [0, 0.05) is 65.7 Å². The first-order valence-corrected chi connectivity index (χ1v) is 13.8. The zero-order chi connectivity index (χ0) is 25.7. The fourth-order valence-corrected chi connectivity index (χ4v) is 5.71. The van der Waals surface area contributed by atoms with Crippen LogP contribution in [0.2, 0.25) is 0 Å². The summed E-state index contributed by atoms with van der Waals surface area (Å²) in [5.41, 5.74) is 2.81.